The Bertz CT molecular complexity index is 1160. The van der Waals surface area contributed by atoms with E-state index in [4.69, 9.17) is 23.2 Å². The van der Waals surface area contributed by atoms with Gasteiger partial charge in [-0.05, 0) is 73.0 Å². The Morgan fingerprint density at radius 3 is 2.45 bits per heavy atom. The van der Waals surface area contributed by atoms with Crippen molar-refractivity contribution in [2.45, 2.75) is 26.3 Å². The second-order valence-corrected chi connectivity index (χ2v) is 8.44. The molecule has 1 atom stereocenters. The molecular formula is C24H22Cl2N4O. The predicted octanol–water partition coefficient (Wildman–Crippen LogP) is 6.69. The minimum Gasteiger partial charge on any atom is -0.377 e. The number of amides is 2. The lowest BCUT2D eigenvalue weighted by molar-refractivity contribution is 0.252. The summed E-state index contributed by atoms with van der Waals surface area (Å²) in [5, 5.41) is 12.1. The van der Waals surface area contributed by atoms with Crippen molar-refractivity contribution in [1.82, 2.24) is 5.43 Å². The maximum Gasteiger partial charge on any atom is 0.339 e. The number of carbonyl (C=O) groups excluding carboxylic acids is 1. The Morgan fingerprint density at radius 2 is 1.71 bits per heavy atom. The highest BCUT2D eigenvalue weighted by Crippen LogP contribution is 2.34. The van der Waals surface area contributed by atoms with Gasteiger partial charge in [-0.3, -0.25) is 0 Å². The van der Waals surface area contributed by atoms with Crippen LogP contribution < -0.4 is 16.1 Å². The lowest BCUT2D eigenvalue weighted by Gasteiger charge is -2.28. The van der Waals surface area contributed by atoms with Crippen molar-refractivity contribution in [2.75, 3.05) is 10.6 Å². The molecule has 0 aliphatic carbocycles. The van der Waals surface area contributed by atoms with E-state index in [0.29, 0.717) is 22.2 Å². The summed E-state index contributed by atoms with van der Waals surface area (Å²) in [6.07, 6.45) is 0.582. The van der Waals surface area contributed by atoms with Gasteiger partial charge in [0.2, 0.25) is 0 Å². The third-order valence-corrected chi connectivity index (χ3v) is 5.84. The van der Waals surface area contributed by atoms with Crippen molar-refractivity contribution >= 4 is 46.3 Å². The quantitative estimate of drug-likeness (QED) is 0.387. The second kappa shape index (κ2) is 9.00. The van der Waals surface area contributed by atoms with Gasteiger partial charge in [-0.15, -0.1) is 0 Å². The number of halogens is 2. The Hall–Kier alpha value is -3.02. The van der Waals surface area contributed by atoms with E-state index < -0.39 is 6.03 Å². The molecule has 0 fully saturated rings. The molecule has 7 heteroatoms. The van der Waals surface area contributed by atoms with Crippen LogP contribution in [0.1, 0.15) is 34.7 Å². The maximum atomic E-state index is 12.4. The van der Waals surface area contributed by atoms with Crippen LogP contribution in [-0.2, 0) is 0 Å². The standard InChI is InChI=1S/C24H22Cl2N4O/c1-14-3-9-19(11-15(14)2)27-24(31)30-29-23-13-22(16-4-6-17(25)7-5-16)28-21-10-8-18(26)12-20(21)23/h3-12,22,28H,13H2,1-2H3,(H2,27,30,31). The van der Waals surface area contributed by atoms with Crippen molar-refractivity contribution in [2.24, 2.45) is 5.10 Å². The van der Waals surface area contributed by atoms with Gasteiger partial charge in [0.25, 0.3) is 0 Å². The molecule has 1 unspecified atom stereocenters. The largest absolute Gasteiger partial charge is 0.377 e. The number of hydrogen-bond donors (Lipinski definition) is 3. The first-order valence-corrected chi connectivity index (χ1v) is 10.7. The number of benzene rings is 3. The third kappa shape index (κ3) is 5.01. The minimum atomic E-state index is -0.402. The fraction of sp³-hybridized carbons (Fsp3) is 0.167. The molecule has 0 saturated heterocycles. The van der Waals surface area contributed by atoms with Crippen LogP contribution in [0.25, 0.3) is 0 Å². The molecule has 3 aromatic rings. The van der Waals surface area contributed by atoms with Crippen molar-refractivity contribution < 1.29 is 4.79 Å². The van der Waals surface area contributed by atoms with E-state index in [2.05, 4.69) is 21.2 Å². The number of aryl methyl sites for hydroxylation is 2. The summed E-state index contributed by atoms with van der Waals surface area (Å²) in [7, 11) is 0. The van der Waals surface area contributed by atoms with Crippen molar-refractivity contribution in [1.29, 1.82) is 0 Å². The van der Waals surface area contributed by atoms with Crippen molar-refractivity contribution in [3.63, 3.8) is 0 Å². The first kappa shape index (κ1) is 21.2. The van der Waals surface area contributed by atoms with Gasteiger partial charge >= 0.3 is 6.03 Å². The first-order chi connectivity index (χ1) is 14.9. The van der Waals surface area contributed by atoms with Crippen molar-refractivity contribution in [3.8, 4) is 0 Å². The summed E-state index contributed by atoms with van der Waals surface area (Å²) in [5.41, 5.74) is 9.21. The molecule has 1 heterocycles. The third-order valence-electron chi connectivity index (χ3n) is 5.35. The number of hydrazone groups is 1. The summed E-state index contributed by atoms with van der Waals surface area (Å²) in [4.78, 5) is 12.4. The minimum absolute atomic E-state index is 0.00528. The van der Waals surface area contributed by atoms with Crippen molar-refractivity contribution in [3.05, 3.63) is 93.0 Å². The molecule has 4 rings (SSSR count). The van der Waals surface area contributed by atoms with E-state index in [1.54, 1.807) is 0 Å². The zero-order valence-electron chi connectivity index (χ0n) is 17.2. The summed E-state index contributed by atoms with van der Waals surface area (Å²) in [5.74, 6) is 0. The highest BCUT2D eigenvalue weighted by atomic mass is 35.5. The van der Waals surface area contributed by atoms with Crippen LogP contribution in [0.2, 0.25) is 10.0 Å². The molecule has 3 aromatic carbocycles. The Balaban J connectivity index is 1.56. The average Bonchev–Trinajstić information content (AvgIpc) is 2.75. The van der Waals surface area contributed by atoms with E-state index in [1.807, 2.05) is 74.5 Å². The number of rotatable bonds is 3. The van der Waals surface area contributed by atoms with Crippen LogP contribution in [0, 0.1) is 13.8 Å². The molecule has 3 N–H and O–H groups in total. The van der Waals surface area contributed by atoms with E-state index in [1.165, 1.54) is 5.56 Å². The number of carbonyl (C=O) groups is 1. The van der Waals surface area contributed by atoms with E-state index in [0.717, 1.165) is 28.1 Å². The summed E-state index contributed by atoms with van der Waals surface area (Å²) in [6.45, 7) is 4.03. The van der Waals surface area contributed by atoms with Gasteiger partial charge < -0.3 is 10.6 Å². The summed E-state index contributed by atoms with van der Waals surface area (Å²) in [6, 6.07) is 18.7. The number of fused-ring (bicyclic) bond motifs is 1. The lowest BCUT2D eigenvalue weighted by Crippen LogP contribution is -2.29. The molecule has 1 aliphatic rings. The molecule has 1 aliphatic heterocycles. The zero-order chi connectivity index (χ0) is 22.0. The van der Waals surface area contributed by atoms with E-state index in [9.17, 15) is 4.79 Å². The van der Waals surface area contributed by atoms with Crippen LogP contribution in [0.15, 0.2) is 65.8 Å². The van der Waals surface area contributed by atoms with Gasteiger partial charge in [0.05, 0.1) is 11.8 Å². The molecule has 0 bridgehead atoms. The number of anilines is 2. The zero-order valence-corrected chi connectivity index (χ0v) is 18.7. The summed E-state index contributed by atoms with van der Waals surface area (Å²) >= 11 is 12.2. The molecular weight excluding hydrogens is 431 g/mol. The van der Waals surface area contributed by atoms with Crippen LogP contribution in [0.3, 0.4) is 0 Å². The monoisotopic (exact) mass is 452 g/mol. The van der Waals surface area contributed by atoms with Crippen LogP contribution in [0.4, 0.5) is 16.2 Å². The predicted molar refractivity (Wildman–Crippen MR) is 128 cm³/mol. The van der Waals surface area contributed by atoms with E-state index >= 15 is 0 Å². The topological polar surface area (TPSA) is 65.5 Å². The first-order valence-electron chi connectivity index (χ1n) is 9.92. The van der Waals surface area contributed by atoms with Gasteiger partial charge in [0.1, 0.15) is 0 Å². The normalized spacial score (nSPS) is 16.4. The van der Waals surface area contributed by atoms with E-state index in [-0.39, 0.29) is 6.04 Å². The Morgan fingerprint density at radius 1 is 0.968 bits per heavy atom. The van der Waals surface area contributed by atoms with Crippen LogP contribution in [0.5, 0.6) is 0 Å². The smallest absolute Gasteiger partial charge is 0.339 e. The molecule has 5 nitrogen and oxygen atoms in total. The Kier molecular flexibility index (Phi) is 6.16. The fourth-order valence-corrected chi connectivity index (χ4v) is 3.82. The number of urea groups is 1. The highest BCUT2D eigenvalue weighted by molar-refractivity contribution is 6.31. The van der Waals surface area contributed by atoms with Gasteiger partial charge in [0, 0.05) is 33.4 Å². The fourth-order valence-electron chi connectivity index (χ4n) is 3.52. The van der Waals surface area contributed by atoms with Gasteiger partial charge in [0.15, 0.2) is 0 Å². The summed E-state index contributed by atoms with van der Waals surface area (Å²) < 4.78 is 0. The highest BCUT2D eigenvalue weighted by Gasteiger charge is 2.25. The van der Waals surface area contributed by atoms with Gasteiger partial charge in [-0.25, -0.2) is 10.2 Å². The van der Waals surface area contributed by atoms with Gasteiger partial charge in [-0.1, -0.05) is 41.4 Å². The molecule has 0 saturated carbocycles. The molecule has 2 amide bonds. The molecule has 0 aromatic heterocycles. The molecule has 0 spiro atoms. The maximum absolute atomic E-state index is 12.4. The Labute approximate surface area is 191 Å². The van der Waals surface area contributed by atoms with Crippen LogP contribution in [-0.4, -0.2) is 11.7 Å². The number of nitrogens with zero attached hydrogens (tertiary/aromatic N) is 1. The molecule has 31 heavy (non-hydrogen) atoms. The number of nitrogens with one attached hydrogen (secondary N) is 3. The van der Waals surface area contributed by atoms with Crippen LogP contribution >= 0.6 is 23.2 Å². The molecule has 0 radical (unpaired) electrons. The number of hydrogen-bond acceptors (Lipinski definition) is 3. The SMILES string of the molecule is Cc1ccc(NC(=O)NN=C2CC(c3ccc(Cl)cc3)Nc3ccc(Cl)cc32)cc1C. The lowest BCUT2D eigenvalue weighted by atomic mass is 9.92. The average molecular weight is 453 g/mol. The van der Waals surface area contributed by atoms with Gasteiger partial charge in [-0.2, -0.15) is 5.10 Å². The molecule has 158 valence electrons. The second-order valence-electron chi connectivity index (χ2n) is 7.57.